The second-order valence-electron chi connectivity index (χ2n) is 3.06. The third kappa shape index (κ3) is 12.7. The third-order valence-corrected chi connectivity index (χ3v) is 1.81. The van der Waals surface area contributed by atoms with Crippen LogP contribution in [0.25, 0.3) is 0 Å². The second-order valence-corrected chi connectivity index (χ2v) is 3.06. The molecule has 0 saturated carbocycles. The Hall–Kier alpha value is -1.31. The van der Waals surface area contributed by atoms with Crippen LogP contribution in [0.15, 0.2) is 36.5 Å². The standard InChI is InChI=1S/C13H19O2/c1-2-3-4-5-6-7-8-9-10-11-12-15-13-14/h2-3,6-7,10-11H,4-5,8-9,12H2,1H3. The van der Waals surface area contributed by atoms with Gasteiger partial charge in [0.1, 0.15) is 6.61 Å². The molecular formula is C13H19O2. The fourth-order valence-electron chi connectivity index (χ4n) is 1.06. The van der Waals surface area contributed by atoms with E-state index in [0.29, 0.717) is 6.61 Å². The fourth-order valence-corrected chi connectivity index (χ4v) is 1.06. The molecule has 0 aliphatic carbocycles. The van der Waals surface area contributed by atoms with Gasteiger partial charge in [-0.15, -0.1) is 0 Å². The Morgan fingerprint density at radius 1 is 0.933 bits per heavy atom. The molecule has 0 heterocycles. The largest absolute Gasteiger partial charge is 0.453 e. The number of rotatable bonds is 9. The van der Waals surface area contributed by atoms with E-state index in [2.05, 4.69) is 29.0 Å². The molecule has 1 radical (unpaired) electrons. The fraction of sp³-hybridized carbons (Fsp3) is 0.462. The van der Waals surface area contributed by atoms with Crippen molar-refractivity contribution in [3.63, 3.8) is 0 Å². The lowest BCUT2D eigenvalue weighted by atomic mass is 10.2. The quantitative estimate of drug-likeness (QED) is 0.428. The molecule has 0 aliphatic rings. The Morgan fingerprint density at radius 2 is 1.47 bits per heavy atom. The van der Waals surface area contributed by atoms with Gasteiger partial charge in [0.25, 0.3) is 0 Å². The summed E-state index contributed by atoms with van der Waals surface area (Å²) in [6.07, 6.45) is 16.7. The Kier molecular flexibility index (Phi) is 11.6. The van der Waals surface area contributed by atoms with Crippen molar-refractivity contribution in [2.24, 2.45) is 0 Å². The van der Waals surface area contributed by atoms with Gasteiger partial charge in [0.15, 0.2) is 0 Å². The molecule has 0 unspecified atom stereocenters. The highest BCUT2D eigenvalue weighted by molar-refractivity contribution is 5.38. The summed E-state index contributed by atoms with van der Waals surface area (Å²) in [5.74, 6) is 0. The Bertz CT molecular complexity index is 215. The van der Waals surface area contributed by atoms with Crippen molar-refractivity contribution in [1.82, 2.24) is 0 Å². The van der Waals surface area contributed by atoms with E-state index < -0.39 is 0 Å². The summed E-state index contributed by atoms with van der Waals surface area (Å²) in [4.78, 5) is 9.67. The van der Waals surface area contributed by atoms with Crippen LogP contribution in [0.5, 0.6) is 0 Å². The van der Waals surface area contributed by atoms with Gasteiger partial charge < -0.3 is 4.74 Å². The maximum Gasteiger partial charge on any atom is 0.417 e. The molecule has 0 aromatic carbocycles. The lowest BCUT2D eigenvalue weighted by Crippen LogP contribution is -1.84. The van der Waals surface area contributed by atoms with Gasteiger partial charge in [0.2, 0.25) is 0 Å². The first-order valence-corrected chi connectivity index (χ1v) is 5.32. The van der Waals surface area contributed by atoms with Gasteiger partial charge in [0.05, 0.1) is 0 Å². The van der Waals surface area contributed by atoms with Crippen LogP contribution in [0.4, 0.5) is 0 Å². The van der Waals surface area contributed by atoms with Crippen molar-refractivity contribution in [1.29, 1.82) is 0 Å². The molecule has 0 aliphatic heterocycles. The van der Waals surface area contributed by atoms with E-state index in [1.165, 1.54) is 6.47 Å². The van der Waals surface area contributed by atoms with Gasteiger partial charge in [-0.1, -0.05) is 36.5 Å². The van der Waals surface area contributed by atoms with E-state index in [1.807, 2.05) is 19.1 Å². The maximum atomic E-state index is 9.67. The van der Waals surface area contributed by atoms with Gasteiger partial charge in [-0.05, 0) is 32.6 Å². The van der Waals surface area contributed by atoms with Crippen LogP contribution in [0, 0.1) is 0 Å². The molecule has 0 atom stereocenters. The molecule has 0 spiro atoms. The molecule has 0 bridgehead atoms. The van der Waals surface area contributed by atoms with E-state index >= 15 is 0 Å². The molecule has 83 valence electrons. The average molecular weight is 207 g/mol. The van der Waals surface area contributed by atoms with Gasteiger partial charge in [-0.2, -0.15) is 0 Å². The lowest BCUT2D eigenvalue weighted by Gasteiger charge is -1.89. The first kappa shape index (κ1) is 13.7. The van der Waals surface area contributed by atoms with Crippen molar-refractivity contribution in [2.75, 3.05) is 6.61 Å². The number of unbranched alkanes of at least 4 members (excludes halogenated alkanes) is 2. The SMILES string of the molecule is CC=CCCC=CCCC=CCO[C]=O. The monoisotopic (exact) mass is 207 g/mol. The van der Waals surface area contributed by atoms with E-state index in [0.717, 1.165) is 25.7 Å². The van der Waals surface area contributed by atoms with Gasteiger partial charge in [-0.25, -0.2) is 4.79 Å². The zero-order valence-electron chi connectivity index (χ0n) is 9.32. The predicted molar refractivity (Wildman–Crippen MR) is 63.2 cm³/mol. The highest BCUT2D eigenvalue weighted by Crippen LogP contribution is 1.97. The summed E-state index contributed by atoms with van der Waals surface area (Å²) in [5.41, 5.74) is 0. The molecule has 0 aromatic rings. The number of hydrogen-bond donors (Lipinski definition) is 0. The van der Waals surface area contributed by atoms with Crippen LogP contribution in [0.3, 0.4) is 0 Å². The number of ether oxygens (including phenoxy) is 1. The zero-order valence-corrected chi connectivity index (χ0v) is 9.32. The van der Waals surface area contributed by atoms with Crippen LogP contribution < -0.4 is 0 Å². The van der Waals surface area contributed by atoms with Crippen LogP contribution in [-0.4, -0.2) is 13.1 Å². The van der Waals surface area contributed by atoms with Crippen LogP contribution in [-0.2, 0) is 9.53 Å². The molecular weight excluding hydrogens is 188 g/mol. The molecule has 2 heteroatoms. The normalized spacial score (nSPS) is 11.8. The lowest BCUT2D eigenvalue weighted by molar-refractivity contribution is 0.313. The topological polar surface area (TPSA) is 26.3 Å². The smallest absolute Gasteiger partial charge is 0.417 e. The van der Waals surface area contributed by atoms with Crippen molar-refractivity contribution >= 4 is 6.47 Å². The van der Waals surface area contributed by atoms with E-state index in [4.69, 9.17) is 0 Å². The van der Waals surface area contributed by atoms with Crippen molar-refractivity contribution < 1.29 is 9.53 Å². The van der Waals surface area contributed by atoms with Crippen molar-refractivity contribution in [3.05, 3.63) is 36.5 Å². The summed E-state index contributed by atoms with van der Waals surface area (Å²) in [7, 11) is 0. The van der Waals surface area contributed by atoms with E-state index in [9.17, 15) is 4.79 Å². The van der Waals surface area contributed by atoms with E-state index in [1.54, 1.807) is 0 Å². The van der Waals surface area contributed by atoms with Crippen molar-refractivity contribution in [2.45, 2.75) is 32.6 Å². The molecule has 0 fully saturated rings. The minimum atomic E-state index is 0.328. The molecule has 0 N–H and O–H groups in total. The number of carbonyl (C=O) groups excluding carboxylic acids is 1. The van der Waals surface area contributed by atoms with Crippen LogP contribution >= 0.6 is 0 Å². The molecule has 2 nitrogen and oxygen atoms in total. The minimum Gasteiger partial charge on any atom is -0.453 e. The highest BCUT2D eigenvalue weighted by atomic mass is 16.5. The van der Waals surface area contributed by atoms with Gasteiger partial charge >= 0.3 is 6.47 Å². The number of hydrogen-bond acceptors (Lipinski definition) is 2. The molecule has 0 amide bonds. The van der Waals surface area contributed by atoms with Gasteiger partial charge in [0, 0.05) is 0 Å². The van der Waals surface area contributed by atoms with E-state index in [-0.39, 0.29) is 0 Å². The zero-order chi connectivity index (χ0) is 11.2. The maximum absolute atomic E-state index is 9.67. The second kappa shape index (κ2) is 12.7. The summed E-state index contributed by atoms with van der Waals surface area (Å²) in [6, 6.07) is 0. The Labute approximate surface area is 92.3 Å². The highest BCUT2D eigenvalue weighted by Gasteiger charge is 1.79. The third-order valence-electron chi connectivity index (χ3n) is 1.81. The minimum absolute atomic E-state index is 0.328. The summed E-state index contributed by atoms with van der Waals surface area (Å²) in [6.45, 7) is 3.74. The molecule has 0 saturated heterocycles. The summed E-state index contributed by atoms with van der Waals surface area (Å²) < 4.78 is 4.39. The Morgan fingerprint density at radius 3 is 2.00 bits per heavy atom. The molecule has 0 aromatic heterocycles. The Balaban J connectivity index is 3.22. The average Bonchev–Trinajstić information content (AvgIpc) is 2.26. The molecule has 0 rings (SSSR count). The van der Waals surface area contributed by atoms with Crippen LogP contribution in [0.2, 0.25) is 0 Å². The summed E-state index contributed by atoms with van der Waals surface area (Å²) in [5, 5.41) is 0. The van der Waals surface area contributed by atoms with Gasteiger partial charge in [-0.3, -0.25) is 0 Å². The first-order chi connectivity index (χ1) is 7.41. The van der Waals surface area contributed by atoms with Crippen molar-refractivity contribution in [3.8, 4) is 0 Å². The predicted octanol–water partition coefficient (Wildman–Crippen LogP) is 3.32. The molecule has 15 heavy (non-hydrogen) atoms. The van der Waals surface area contributed by atoms with Crippen LogP contribution in [0.1, 0.15) is 32.6 Å². The first-order valence-electron chi connectivity index (χ1n) is 5.32. The number of allylic oxidation sites excluding steroid dienone is 5. The summed E-state index contributed by atoms with van der Waals surface area (Å²) >= 11 is 0.